The molecule has 96 valence electrons. The third-order valence-electron chi connectivity index (χ3n) is 2.10. The van der Waals surface area contributed by atoms with Crippen LogP contribution in [0.4, 0.5) is 4.79 Å². The van der Waals surface area contributed by atoms with E-state index in [1.807, 2.05) is 34.6 Å². The van der Waals surface area contributed by atoms with E-state index < -0.39 is 5.60 Å². The summed E-state index contributed by atoms with van der Waals surface area (Å²) in [5.74, 6) is 0. The fraction of sp³-hybridized carbons (Fsp3) is 0.917. The number of carbonyl (C=O) groups excluding carboxylic acids is 1. The van der Waals surface area contributed by atoms with Crippen LogP contribution in [0, 0.1) is 0 Å². The molecule has 0 radical (unpaired) electrons. The zero-order valence-electron chi connectivity index (χ0n) is 11.2. The molecule has 0 aliphatic rings. The van der Waals surface area contributed by atoms with E-state index in [-0.39, 0.29) is 12.1 Å². The van der Waals surface area contributed by atoms with Crippen molar-refractivity contribution in [3.8, 4) is 0 Å². The standard InChI is InChI=1S/C12H26N2O2/c1-10(2)14(9-7-6-8-13)11(15)16-12(3,4)5/h10H,6-9,13H2,1-5H3. The molecule has 0 unspecified atom stereocenters. The Morgan fingerprint density at radius 2 is 1.88 bits per heavy atom. The number of amides is 1. The Kier molecular flexibility index (Phi) is 6.41. The monoisotopic (exact) mass is 230 g/mol. The van der Waals surface area contributed by atoms with Crippen LogP contribution in [-0.2, 0) is 4.74 Å². The maximum absolute atomic E-state index is 11.9. The van der Waals surface area contributed by atoms with Crippen LogP contribution in [-0.4, -0.2) is 35.7 Å². The molecule has 0 aromatic rings. The second-order valence-electron chi connectivity index (χ2n) is 5.26. The Morgan fingerprint density at radius 3 is 2.25 bits per heavy atom. The van der Waals surface area contributed by atoms with Gasteiger partial charge in [0.2, 0.25) is 0 Å². The lowest BCUT2D eigenvalue weighted by atomic mass is 10.2. The second-order valence-corrected chi connectivity index (χ2v) is 5.26. The first-order valence-electron chi connectivity index (χ1n) is 5.97. The van der Waals surface area contributed by atoms with E-state index in [4.69, 9.17) is 10.5 Å². The SMILES string of the molecule is CC(C)N(CCCCN)C(=O)OC(C)(C)C. The highest BCUT2D eigenvalue weighted by Gasteiger charge is 2.23. The summed E-state index contributed by atoms with van der Waals surface area (Å²) < 4.78 is 5.35. The Balaban J connectivity index is 4.25. The van der Waals surface area contributed by atoms with Gasteiger partial charge in [0.25, 0.3) is 0 Å². The molecular formula is C12H26N2O2. The van der Waals surface area contributed by atoms with Gasteiger partial charge < -0.3 is 15.4 Å². The first kappa shape index (κ1) is 15.2. The Bertz CT molecular complexity index is 210. The van der Waals surface area contributed by atoms with Gasteiger partial charge in [-0.05, 0) is 54.0 Å². The van der Waals surface area contributed by atoms with Crippen molar-refractivity contribution in [2.24, 2.45) is 5.73 Å². The van der Waals surface area contributed by atoms with Crippen molar-refractivity contribution in [1.82, 2.24) is 4.90 Å². The van der Waals surface area contributed by atoms with Gasteiger partial charge in [0.05, 0.1) is 0 Å². The molecule has 1 amide bonds. The van der Waals surface area contributed by atoms with E-state index in [9.17, 15) is 4.79 Å². The summed E-state index contributed by atoms with van der Waals surface area (Å²) in [6.45, 7) is 11.0. The number of hydrogen-bond donors (Lipinski definition) is 1. The molecular weight excluding hydrogens is 204 g/mol. The number of carbonyl (C=O) groups is 1. The molecule has 16 heavy (non-hydrogen) atoms. The van der Waals surface area contributed by atoms with Crippen molar-refractivity contribution in [3.05, 3.63) is 0 Å². The van der Waals surface area contributed by atoms with Crippen molar-refractivity contribution in [1.29, 1.82) is 0 Å². The molecule has 0 bridgehead atoms. The van der Waals surface area contributed by atoms with Gasteiger partial charge >= 0.3 is 6.09 Å². The van der Waals surface area contributed by atoms with Gasteiger partial charge in [-0.3, -0.25) is 0 Å². The number of hydrogen-bond acceptors (Lipinski definition) is 3. The van der Waals surface area contributed by atoms with Crippen LogP contribution in [0.1, 0.15) is 47.5 Å². The van der Waals surface area contributed by atoms with Gasteiger partial charge in [-0.2, -0.15) is 0 Å². The highest BCUT2D eigenvalue weighted by Crippen LogP contribution is 2.12. The van der Waals surface area contributed by atoms with Crippen molar-refractivity contribution < 1.29 is 9.53 Å². The zero-order valence-corrected chi connectivity index (χ0v) is 11.2. The summed E-state index contributed by atoms with van der Waals surface area (Å²) in [6.07, 6.45) is 1.62. The number of unbranched alkanes of at least 4 members (excludes halogenated alkanes) is 1. The Hall–Kier alpha value is -0.770. The van der Waals surface area contributed by atoms with Crippen molar-refractivity contribution in [2.75, 3.05) is 13.1 Å². The van der Waals surface area contributed by atoms with E-state index in [0.717, 1.165) is 12.8 Å². The zero-order chi connectivity index (χ0) is 12.8. The van der Waals surface area contributed by atoms with Crippen molar-refractivity contribution >= 4 is 6.09 Å². The number of ether oxygens (including phenoxy) is 1. The van der Waals surface area contributed by atoms with Gasteiger partial charge in [-0.25, -0.2) is 4.79 Å². The third-order valence-corrected chi connectivity index (χ3v) is 2.10. The van der Waals surface area contributed by atoms with Crippen molar-refractivity contribution in [3.63, 3.8) is 0 Å². The van der Waals surface area contributed by atoms with Gasteiger partial charge in [-0.1, -0.05) is 0 Å². The van der Waals surface area contributed by atoms with Crippen LogP contribution in [0.15, 0.2) is 0 Å². The normalized spacial score (nSPS) is 11.7. The predicted molar refractivity (Wildman–Crippen MR) is 66.4 cm³/mol. The third kappa shape index (κ3) is 6.67. The number of nitrogens with zero attached hydrogens (tertiary/aromatic N) is 1. The van der Waals surface area contributed by atoms with Crippen LogP contribution in [0.5, 0.6) is 0 Å². The minimum absolute atomic E-state index is 0.160. The first-order chi connectivity index (χ1) is 7.28. The average Bonchev–Trinajstić information content (AvgIpc) is 2.08. The van der Waals surface area contributed by atoms with Crippen LogP contribution >= 0.6 is 0 Å². The molecule has 0 atom stereocenters. The fourth-order valence-corrected chi connectivity index (χ4v) is 1.31. The van der Waals surface area contributed by atoms with Crippen LogP contribution in [0.3, 0.4) is 0 Å². The van der Waals surface area contributed by atoms with Gasteiger partial charge in [0.15, 0.2) is 0 Å². The summed E-state index contributed by atoms with van der Waals surface area (Å²) in [4.78, 5) is 13.6. The van der Waals surface area contributed by atoms with Crippen LogP contribution < -0.4 is 5.73 Å². The van der Waals surface area contributed by atoms with Crippen molar-refractivity contribution in [2.45, 2.75) is 59.1 Å². The molecule has 4 nitrogen and oxygen atoms in total. The fourth-order valence-electron chi connectivity index (χ4n) is 1.31. The molecule has 0 fully saturated rings. The molecule has 2 N–H and O–H groups in total. The summed E-state index contributed by atoms with van der Waals surface area (Å²) in [7, 11) is 0. The molecule has 0 aromatic heterocycles. The molecule has 0 heterocycles. The molecule has 0 spiro atoms. The Labute approximate surface area is 99.1 Å². The molecule has 0 saturated heterocycles. The largest absolute Gasteiger partial charge is 0.444 e. The lowest BCUT2D eigenvalue weighted by Crippen LogP contribution is -2.41. The van der Waals surface area contributed by atoms with E-state index in [2.05, 4.69) is 0 Å². The average molecular weight is 230 g/mol. The smallest absolute Gasteiger partial charge is 0.410 e. The molecule has 4 heteroatoms. The first-order valence-corrected chi connectivity index (χ1v) is 5.97. The van der Waals surface area contributed by atoms with E-state index in [1.54, 1.807) is 4.90 Å². The summed E-state index contributed by atoms with van der Waals surface area (Å²) in [6, 6.07) is 0.160. The summed E-state index contributed by atoms with van der Waals surface area (Å²) >= 11 is 0. The molecule has 0 aliphatic carbocycles. The summed E-state index contributed by atoms with van der Waals surface area (Å²) in [5.41, 5.74) is 5.00. The predicted octanol–water partition coefficient (Wildman–Crippen LogP) is 2.37. The number of nitrogens with two attached hydrogens (primary N) is 1. The van der Waals surface area contributed by atoms with Crippen LogP contribution in [0.25, 0.3) is 0 Å². The summed E-state index contributed by atoms with van der Waals surface area (Å²) in [5, 5.41) is 0. The van der Waals surface area contributed by atoms with Gasteiger partial charge in [0, 0.05) is 12.6 Å². The lowest BCUT2D eigenvalue weighted by molar-refractivity contribution is 0.0188. The van der Waals surface area contributed by atoms with E-state index in [1.165, 1.54) is 0 Å². The quantitative estimate of drug-likeness (QED) is 0.738. The minimum Gasteiger partial charge on any atom is -0.444 e. The maximum atomic E-state index is 11.9. The highest BCUT2D eigenvalue weighted by atomic mass is 16.6. The second kappa shape index (κ2) is 6.74. The molecule has 0 aromatic carbocycles. The molecule has 0 rings (SSSR count). The highest BCUT2D eigenvalue weighted by molar-refractivity contribution is 5.68. The number of rotatable bonds is 5. The Morgan fingerprint density at radius 1 is 1.31 bits per heavy atom. The maximum Gasteiger partial charge on any atom is 0.410 e. The minimum atomic E-state index is -0.432. The molecule has 0 aliphatic heterocycles. The van der Waals surface area contributed by atoms with E-state index in [0.29, 0.717) is 13.1 Å². The lowest BCUT2D eigenvalue weighted by Gasteiger charge is -2.30. The van der Waals surface area contributed by atoms with Gasteiger partial charge in [0.1, 0.15) is 5.60 Å². The topological polar surface area (TPSA) is 55.6 Å². The van der Waals surface area contributed by atoms with Gasteiger partial charge in [-0.15, -0.1) is 0 Å². The van der Waals surface area contributed by atoms with E-state index >= 15 is 0 Å². The molecule has 0 saturated carbocycles. The van der Waals surface area contributed by atoms with Crippen LogP contribution in [0.2, 0.25) is 0 Å².